The van der Waals surface area contributed by atoms with E-state index in [1.807, 2.05) is 31.2 Å². The Balaban J connectivity index is 1.54. The Bertz CT molecular complexity index is 968. The van der Waals surface area contributed by atoms with Crippen molar-refractivity contribution in [3.63, 3.8) is 0 Å². The lowest BCUT2D eigenvalue weighted by Gasteiger charge is -2.12. The first-order valence-corrected chi connectivity index (χ1v) is 9.71. The van der Waals surface area contributed by atoms with Crippen LogP contribution in [-0.2, 0) is 9.53 Å². The van der Waals surface area contributed by atoms with Crippen molar-refractivity contribution >= 4 is 17.8 Å². The van der Waals surface area contributed by atoms with E-state index in [1.54, 1.807) is 25.1 Å². The molecule has 2 aliphatic rings. The lowest BCUT2D eigenvalue weighted by Crippen LogP contribution is -2.25. The molecule has 0 saturated carbocycles. The molecule has 0 bridgehead atoms. The molecule has 1 saturated heterocycles. The number of benzene rings is 2. The second-order valence-corrected chi connectivity index (χ2v) is 6.93. The number of carbonyl (C=O) groups is 2. The monoisotopic (exact) mass is 394 g/mol. The summed E-state index contributed by atoms with van der Waals surface area (Å²) in [4.78, 5) is 25.0. The maximum Gasteiger partial charge on any atom is 0.340 e. The van der Waals surface area contributed by atoms with Gasteiger partial charge in [-0.15, -0.1) is 0 Å². The summed E-state index contributed by atoms with van der Waals surface area (Å²) in [5.41, 5.74) is 1.89. The molecule has 2 aromatic rings. The van der Waals surface area contributed by atoms with Gasteiger partial charge >= 0.3 is 5.97 Å². The van der Waals surface area contributed by atoms with Crippen LogP contribution in [0.4, 0.5) is 0 Å². The topological polar surface area (TPSA) is 71.1 Å². The summed E-state index contributed by atoms with van der Waals surface area (Å²) in [5.74, 6) is 1.18. The van der Waals surface area contributed by atoms with Gasteiger partial charge in [-0.1, -0.05) is 12.1 Å². The van der Waals surface area contributed by atoms with E-state index in [4.69, 9.17) is 18.9 Å². The van der Waals surface area contributed by atoms with Crippen LogP contribution in [0.25, 0.3) is 6.08 Å². The number of carbonyl (C=O) groups excluding carboxylic acids is 2. The van der Waals surface area contributed by atoms with E-state index < -0.39 is 12.1 Å². The fraction of sp³-hybridized carbons (Fsp3) is 0.304. The molecular weight excluding hydrogens is 372 g/mol. The summed E-state index contributed by atoms with van der Waals surface area (Å²) in [5, 5.41) is 0. The van der Waals surface area contributed by atoms with Gasteiger partial charge in [0.15, 0.2) is 11.9 Å². The SMILES string of the molecule is CCOc1ccc(/C=C2\Oc3c(ccc(OC(=O)C4CCCO4)c3C)C2=O)cc1. The Morgan fingerprint density at radius 3 is 2.69 bits per heavy atom. The maximum atomic E-state index is 12.7. The van der Waals surface area contributed by atoms with E-state index in [-0.39, 0.29) is 11.5 Å². The Morgan fingerprint density at radius 2 is 2.00 bits per heavy atom. The molecule has 0 amide bonds. The van der Waals surface area contributed by atoms with Gasteiger partial charge in [0, 0.05) is 12.2 Å². The van der Waals surface area contributed by atoms with E-state index in [9.17, 15) is 9.59 Å². The Kier molecular flexibility index (Phi) is 5.36. The van der Waals surface area contributed by atoms with Crippen molar-refractivity contribution < 1.29 is 28.5 Å². The lowest BCUT2D eigenvalue weighted by atomic mass is 10.1. The second-order valence-electron chi connectivity index (χ2n) is 6.93. The number of ketones is 1. The highest BCUT2D eigenvalue weighted by Crippen LogP contribution is 2.39. The summed E-state index contributed by atoms with van der Waals surface area (Å²) in [6.45, 7) is 4.85. The molecule has 0 aromatic heterocycles. The van der Waals surface area contributed by atoms with Crippen LogP contribution in [0.3, 0.4) is 0 Å². The van der Waals surface area contributed by atoms with Crippen molar-refractivity contribution in [1.82, 2.24) is 0 Å². The van der Waals surface area contributed by atoms with Crippen LogP contribution in [-0.4, -0.2) is 31.1 Å². The van der Waals surface area contributed by atoms with Gasteiger partial charge in [0.2, 0.25) is 5.78 Å². The van der Waals surface area contributed by atoms with Crippen LogP contribution >= 0.6 is 0 Å². The summed E-state index contributed by atoms with van der Waals surface area (Å²) >= 11 is 0. The first-order valence-electron chi connectivity index (χ1n) is 9.71. The van der Waals surface area contributed by atoms with Gasteiger partial charge in [-0.05, 0) is 62.6 Å². The summed E-state index contributed by atoms with van der Waals surface area (Å²) in [7, 11) is 0. The smallest absolute Gasteiger partial charge is 0.340 e. The van der Waals surface area contributed by atoms with Crippen molar-refractivity contribution in [3.05, 3.63) is 58.8 Å². The van der Waals surface area contributed by atoms with E-state index in [2.05, 4.69) is 0 Å². The number of hydrogen-bond acceptors (Lipinski definition) is 6. The standard InChI is InChI=1S/C23H22O6/c1-3-26-16-8-6-15(7-9-16)13-20-21(24)17-10-11-18(14(2)22(17)28-20)29-23(25)19-5-4-12-27-19/h6-11,13,19H,3-5,12H2,1-2H3/b20-13-. The number of ether oxygens (including phenoxy) is 4. The Hall–Kier alpha value is -3.12. The molecule has 0 aliphatic carbocycles. The molecule has 0 spiro atoms. The van der Waals surface area contributed by atoms with E-state index in [0.29, 0.717) is 42.3 Å². The molecule has 6 heteroatoms. The van der Waals surface area contributed by atoms with Crippen molar-refractivity contribution in [2.75, 3.05) is 13.2 Å². The van der Waals surface area contributed by atoms with Gasteiger partial charge in [-0.3, -0.25) is 4.79 Å². The number of allylic oxidation sites excluding steroid dienone is 1. The Morgan fingerprint density at radius 1 is 1.21 bits per heavy atom. The van der Waals surface area contributed by atoms with Crippen molar-refractivity contribution in [1.29, 1.82) is 0 Å². The zero-order valence-electron chi connectivity index (χ0n) is 16.4. The largest absolute Gasteiger partial charge is 0.494 e. The Labute approximate surface area is 169 Å². The molecule has 150 valence electrons. The van der Waals surface area contributed by atoms with Crippen molar-refractivity contribution in [3.8, 4) is 17.2 Å². The molecule has 29 heavy (non-hydrogen) atoms. The minimum Gasteiger partial charge on any atom is -0.494 e. The molecule has 2 aromatic carbocycles. The highest BCUT2D eigenvalue weighted by atomic mass is 16.6. The number of rotatable bonds is 5. The van der Waals surface area contributed by atoms with Crippen LogP contribution < -0.4 is 14.2 Å². The van der Waals surface area contributed by atoms with Gasteiger partial charge in [0.05, 0.1) is 12.2 Å². The van der Waals surface area contributed by atoms with Crippen molar-refractivity contribution in [2.24, 2.45) is 0 Å². The molecule has 6 nitrogen and oxygen atoms in total. The zero-order valence-corrected chi connectivity index (χ0v) is 16.4. The second kappa shape index (κ2) is 8.09. The van der Waals surface area contributed by atoms with Gasteiger partial charge in [0.1, 0.15) is 17.2 Å². The van der Waals surface area contributed by atoms with Crippen LogP contribution in [0.5, 0.6) is 17.2 Å². The first-order chi connectivity index (χ1) is 14.1. The normalized spacial score (nSPS) is 19.2. The highest BCUT2D eigenvalue weighted by molar-refractivity contribution is 6.15. The third-order valence-electron chi connectivity index (χ3n) is 4.93. The fourth-order valence-corrected chi connectivity index (χ4v) is 3.39. The van der Waals surface area contributed by atoms with E-state index >= 15 is 0 Å². The van der Waals surface area contributed by atoms with Crippen LogP contribution in [0, 0.1) is 6.92 Å². The van der Waals surface area contributed by atoms with E-state index in [0.717, 1.165) is 17.7 Å². The molecular formula is C23H22O6. The van der Waals surface area contributed by atoms with E-state index in [1.165, 1.54) is 0 Å². The van der Waals surface area contributed by atoms with Crippen LogP contribution in [0.1, 0.15) is 41.3 Å². The summed E-state index contributed by atoms with van der Waals surface area (Å²) in [6.07, 6.45) is 2.67. The zero-order chi connectivity index (χ0) is 20.4. The molecule has 2 heterocycles. The third-order valence-corrected chi connectivity index (χ3v) is 4.93. The third kappa shape index (κ3) is 3.89. The van der Waals surface area contributed by atoms with Crippen molar-refractivity contribution in [2.45, 2.75) is 32.8 Å². The molecule has 1 atom stereocenters. The average Bonchev–Trinajstić information content (AvgIpc) is 3.36. The summed E-state index contributed by atoms with van der Waals surface area (Å²) in [6, 6.07) is 10.7. The number of fused-ring (bicyclic) bond motifs is 1. The number of hydrogen-bond donors (Lipinski definition) is 0. The van der Waals surface area contributed by atoms with Gasteiger partial charge in [-0.2, -0.15) is 0 Å². The molecule has 0 N–H and O–H groups in total. The minimum atomic E-state index is -0.527. The molecule has 1 fully saturated rings. The predicted octanol–water partition coefficient (Wildman–Crippen LogP) is 4.09. The lowest BCUT2D eigenvalue weighted by molar-refractivity contribution is -0.144. The van der Waals surface area contributed by atoms with Crippen LogP contribution in [0.15, 0.2) is 42.2 Å². The molecule has 2 aliphatic heterocycles. The summed E-state index contributed by atoms with van der Waals surface area (Å²) < 4.78 is 22.1. The minimum absolute atomic E-state index is 0.200. The molecule has 0 radical (unpaired) electrons. The average molecular weight is 394 g/mol. The first kappa shape index (κ1) is 19.2. The van der Waals surface area contributed by atoms with Gasteiger partial charge in [-0.25, -0.2) is 4.79 Å². The quantitative estimate of drug-likeness (QED) is 0.432. The molecule has 1 unspecified atom stereocenters. The maximum absolute atomic E-state index is 12.7. The number of esters is 1. The number of Topliss-reactive ketones (excluding diaryl/α,β-unsaturated/α-hetero) is 1. The molecule has 4 rings (SSSR count). The van der Waals surface area contributed by atoms with Gasteiger partial charge < -0.3 is 18.9 Å². The highest BCUT2D eigenvalue weighted by Gasteiger charge is 2.32. The van der Waals surface area contributed by atoms with Crippen LogP contribution in [0.2, 0.25) is 0 Å². The van der Waals surface area contributed by atoms with Gasteiger partial charge in [0.25, 0.3) is 0 Å². The predicted molar refractivity (Wildman–Crippen MR) is 106 cm³/mol. The fourth-order valence-electron chi connectivity index (χ4n) is 3.39.